The number of nitrogens with zero attached hydrogens (tertiary/aromatic N) is 8. The second-order valence-electron chi connectivity index (χ2n) is 10.3. The Bertz CT molecular complexity index is 2230. The normalized spacial score (nSPS) is 10.5. The van der Waals surface area contributed by atoms with Gasteiger partial charge in [-0.05, 0) is 72.8 Å². The summed E-state index contributed by atoms with van der Waals surface area (Å²) in [6.45, 7) is 0. The Morgan fingerprint density at radius 2 is 0.673 bits per heavy atom. The van der Waals surface area contributed by atoms with Gasteiger partial charge in [-0.15, -0.1) is 0 Å². The van der Waals surface area contributed by atoms with Crippen LogP contribution < -0.4 is 0 Å². The third-order valence-electron chi connectivity index (χ3n) is 7.24. The topological polar surface area (TPSA) is 103 Å². The molecule has 8 nitrogen and oxygen atoms in total. The number of hydrogen-bond donors (Lipinski definition) is 0. The van der Waals surface area contributed by atoms with E-state index in [1.165, 1.54) is 0 Å². The Morgan fingerprint density at radius 3 is 0.980 bits per heavy atom. The molecule has 236 valence electrons. The van der Waals surface area contributed by atoms with Crippen molar-refractivity contribution in [2.75, 3.05) is 0 Å². The number of aromatic nitrogens is 8. The van der Waals surface area contributed by atoms with E-state index in [0.717, 1.165) is 45.7 Å². The van der Waals surface area contributed by atoms with Gasteiger partial charge in [0.2, 0.25) is 0 Å². The molecule has 7 aromatic heterocycles. The Labute approximate surface area is 291 Å². The van der Waals surface area contributed by atoms with Crippen molar-refractivity contribution in [2.24, 2.45) is 0 Å². The molecule has 0 atom stereocenters. The van der Waals surface area contributed by atoms with Gasteiger partial charge in [-0.3, -0.25) is 29.9 Å². The molecule has 9 rings (SSSR count). The van der Waals surface area contributed by atoms with Crippen molar-refractivity contribution in [1.29, 1.82) is 0 Å². The molecule has 2 aromatic carbocycles. The van der Waals surface area contributed by atoms with E-state index in [4.69, 9.17) is 0 Å². The Morgan fingerprint density at radius 1 is 0.347 bits per heavy atom. The van der Waals surface area contributed by atoms with Crippen LogP contribution in [0, 0.1) is 11.6 Å². The molecule has 0 unspecified atom stereocenters. The van der Waals surface area contributed by atoms with Crippen LogP contribution in [0.1, 0.15) is 0 Å². The van der Waals surface area contributed by atoms with E-state index in [2.05, 4.69) is 39.9 Å². The van der Waals surface area contributed by atoms with E-state index in [9.17, 15) is 8.78 Å². The molecule has 0 fully saturated rings. The number of halogens is 2. The Hall–Kier alpha value is -6.06. The van der Waals surface area contributed by atoms with Crippen molar-refractivity contribution >= 4 is 43.9 Å². The maximum Gasteiger partial charge on any atom is 2.00 e. The zero-order valence-electron chi connectivity index (χ0n) is 25.5. The van der Waals surface area contributed by atoms with Crippen molar-refractivity contribution in [3.05, 3.63) is 158 Å². The van der Waals surface area contributed by atoms with E-state index in [1.807, 2.05) is 84.9 Å². The molecule has 0 spiro atoms. The van der Waals surface area contributed by atoms with Gasteiger partial charge in [0.1, 0.15) is 0 Å². The summed E-state index contributed by atoms with van der Waals surface area (Å²) in [5, 5.41) is 1.55. The molecule has 0 bridgehead atoms. The molecular formula is C38H24F2N8Ru+2. The van der Waals surface area contributed by atoms with E-state index >= 15 is 0 Å². The SMILES string of the molecule is Fc1cc2nc3c4cccnc4c4ncccc4c3nc2cc1F.[Ru+2].c1ccc(-c2ccccn2)nc1.c1ccc(-c2ccccn2)nc1. The van der Waals surface area contributed by atoms with Crippen molar-refractivity contribution in [3.8, 4) is 22.8 Å². The predicted molar refractivity (Wildman–Crippen MR) is 182 cm³/mol. The van der Waals surface area contributed by atoms with Crippen LogP contribution in [-0.4, -0.2) is 39.9 Å². The van der Waals surface area contributed by atoms with Crippen LogP contribution in [0.2, 0.25) is 0 Å². The van der Waals surface area contributed by atoms with E-state index in [1.54, 1.807) is 49.3 Å². The van der Waals surface area contributed by atoms with Gasteiger partial charge in [-0.25, -0.2) is 18.7 Å². The van der Waals surface area contributed by atoms with Crippen LogP contribution in [-0.2, 0) is 19.5 Å². The largest absolute Gasteiger partial charge is 2.00 e. The van der Waals surface area contributed by atoms with Crippen molar-refractivity contribution < 1.29 is 28.3 Å². The van der Waals surface area contributed by atoms with Gasteiger partial charge in [0, 0.05) is 60.1 Å². The first-order chi connectivity index (χ1) is 23.7. The standard InChI is InChI=1S/C18H8F2N4.2C10H8N2.Ru/c19-11-7-13-14(8-12(11)20)24-18-10-4-2-6-22-16(10)15-9(17(18)23-13)3-1-5-21-15;2*1-3-7-11-9(5-1)10-6-2-4-8-12-10;/h1-8H;2*1-8H;/q;;;+2. The predicted octanol–water partition coefficient (Wildman–Crippen LogP) is 8.44. The Kier molecular flexibility index (Phi) is 10.2. The summed E-state index contributed by atoms with van der Waals surface area (Å²) in [6.07, 6.45) is 10.4. The first-order valence-corrected chi connectivity index (χ1v) is 14.9. The van der Waals surface area contributed by atoms with Crippen LogP contribution in [0.25, 0.3) is 66.6 Å². The Balaban J connectivity index is 0.000000141. The minimum atomic E-state index is -0.943. The number of fused-ring (bicyclic) bond motifs is 7. The zero-order chi connectivity index (χ0) is 32.7. The summed E-state index contributed by atoms with van der Waals surface area (Å²) in [5.74, 6) is -1.89. The van der Waals surface area contributed by atoms with Gasteiger partial charge >= 0.3 is 19.5 Å². The maximum atomic E-state index is 13.6. The molecule has 0 N–H and O–H groups in total. The van der Waals surface area contributed by atoms with Gasteiger partial charge in [0.15, 0.2) is 11.6 Å². The molecule has 0 aliphatic rings. The van der Waals surface area contributed by atoms with Crippen LogP contribution >= 0.6 is 0 Å². The van der Waals surface area contributed by atoms with E-state index in [0.29, 0.717) is 33.1 Å². The minimum Gasteiger partial charge on any atom is -0.255 e. The van der Waals surface area contributed by atoms with Gasteiger partial charge in [-0.2, -0.15) is 0 Å². The monoisotopic (exact) mass is 732 g/mol. The van der Waals surface area contributed by atoms with Crippen LogP contribution in [0.15, 0.2) is 146 Å². The second kappa shape index (κ2) is 15.2. The zero-order valence-corrected chi connectivity index (χ0v) is 27.3. The van der Waals surface area contributed by atoms with Gasteiger partial charge in [-0.1, -0.05) is 24.3 Å². The van der Waals surface area contributed by atoms with Crippen molar-refractivity contribution in [3.63, 3.8) is 0 Å². The first-order valence-electron chi connectivity index (χ1n) is 14.9. The number of benzene rings is 2. The van der Waals surface area contributed by atoms with Gasteiger partial charge in [0.25, 0.3) is 0 Å². The summed E-state index contributed by atoms with van der Waals surface area (Å²) in [7, 11) is 0. The summed E-state index contributed by atoms with van der Waals surface area (Å²) < 4.78 is 27.1. The molecule has 0 saturated heterocycles. The third kappa shape index (κ3) is 7.27. The number of rotatable bonds is 2. The molecular weight excluding hydrogens is 708 g/mol. The van der Waals surface area contributed by atoms with Gasteiger partial charge < -0.3 is 0 Å². The average Bonchev–Trinajstić information content (AvgIpc) is 3.17. The molecule has 11 heteroatoms. The maximum absolute atomic E-state index is 13.6. The molecule has 49 heavy (non-hydrogen) atoms. The average molecular weight is 732 g/mol. The fourth-order valence-electron chi connectivity index (χ4n) is 5.05. The fourth-order valence-corrected chi connectivity index (χ4v) is 5.05. The quantitative estimate of drug-likeness (QED) is 0.0992. The van der Waals surface area contributed by atoms with Crippen molar-refractivity contribution in [2.45, 2.75) is 0 Å². The second-order valence-corrected chi connectivity index (χ2v) is 10.3. The van der Waals surface area contributed by atoms with E-state index in [-0.39, 0.29) is 19.5 Å². The first kappa shape index (κ1) is 32.9. The van der Waals surface area contributed by atoms with Crippen molar-refractivity contribution in [1.82, 2.24) is 39.9 Å². The van der Waals surface area contributed by atoms with Crippen LogP contribution in [0.3, 0.4) is 0 Å². The smallest absolute Gasteiger partial charge is 0.255 e. The summed E-state index contributed by atoms with van der Waals surface area (Å²) in [6, 6.07) is 32.7. The van der Waals surface area contributed by atoms with Crippen LogP contribution in [0.4, 0.5) is 8.78 Å². The summed E-state index contributed by atoms with van der Waals surface area (Å²) in [4.78, 5) is 34.6. The molecule has 0 saturated carbocycles. The molecule has 0 radical (unpaired) electrons. The molecule has 0 amide bonds. The van der Waals surface area contributed by atoms with E-state index < -0.39 is 11.6 Å². The van der Waals surface area contributed by atoms with Gasteiger partial charge in [0.05, 0.1) is 55.9 Å². The molecule has 0 aliphatic heterocycles. The summed E-state index contributed by atoms with van der Waals surface area (Å²) in [5.41, 5.74) is 6.86. The number of hydrogen-bond acceptors (Lipinski definition) is 8. The third-order valence-corrected chi connectivity index (χ3v) is 7.24. The fraction of sp³-hybridized carbons (Fsp3) is 0. The minimum absolute atomic E-state index is 0. The number of pyridine rings is 6. The molecule has 7 heterocycles. The molecule has 0 aliphatic carbocycles. The summed E-state index contributed by atoms with van der Waals surface area (Å²) >= 11 is 0. The van der Waals surface area contributed by atoms with Crippen LogP contribution in [0.5, 0.6) is 0 Å². The molecule has 9 aromatic rings.